The summed E-state index contributed by atoms with van der Waals surface area (Å²) >= 11 is 0. The first-order chi connectivity index (χ1) is 14.3. The molecule has 2 aromatic heterocycles. The van der Waals surface area contributed by atoms with E-state index in [2.05, 4.69) is 15.2 Å². The third-order valence-electron chi connectivity index (χ3n) is 4.43. The van der Waals surface area contributed by atoms with Gasteiger partial charge in [0.1, 0.15) is 18.2 Å². The average Bonchev–Trinajstić information content (AvgIpc) is 2.79. The van der Waals surface area contributed by atoms with Crippen LogP contribution in [0.3, 0.4) is 0 Å². The van der Waals surface area contributed by atoms with Crippen LogP contribution in [0.15, 0.2) is 54.9 Å². The second-order valence-corrected chi connectivity index (χ2v) is 6.50. The second-order valence-electron chi connectivity index (χ2n) is 6.50. The quantitative estimate of drug-likeness (QED) is 0.633. The van der Waals surface area contributed by atoms with Gasteiger partial charge in [0.05, 0.1) is 37.4 Å². The number of morpholine rings is 1. The fourth-order valence-corrected chi connectivity index (χ4v) is 3.04. The minimum absolute atomic E-state index is 0.0297. The van der Waals surface area contributed by atoms with Gasteiger partial charge in [-0.2, -0.15) is 4.98 Å². The highest BCUT2D eigenvalue weighted by Crippen LogP contribution is 2.27. The predicted molar refractivity (Wildman–Crippen MR) is 111 cm³/mol. The average molecular weight is 393 g/mol. The highest BCUT2D eigenvalue weighted by molar-refractivity contribution is 5.68. The summed E-state index contributed by atoms with van der Waals surface area (Å²) in [5, 5.41) is 12.3. The fourth-order valence-electron chi connectivity index (χ4n) is 3.04. The zero-order valence-corrected chi connectivity index (χ0v) is 16.0. The molecule has 8 nitrogen and oxygen atoms in total. The number of aliphatic hydroxyl groups is 1. The topological polar surface area (TPSA) is 92.6 Å². The van der Waals surface area contributed by atoms with Crippen LogP contribution in [0, 0.1) is 0 Å². The van der Waals surface area contributed by atoms with E-state index in [1.807, 2.05) is 42.5 Å². The SMILES string of the molecule is OCCOc1cccc(-c2cc(Nc3cccnc3)nc(N3CCOCC3)n2)c1. The normalized spacial score (nSPS) is 13.9. The molecule has 29 heavy (non-hydrogen) atoms. The number of pyridine rings is 1. The van der Waals surface area contributed by atoms with E-state index in [0.29, 0.717) is 30.7 Å². The molecule has 0 aliphatic carbocycles. The number of nitrogens with zero attached hydrogens (tertiary/aromatic N) is 4. The van der Waals surface area contributed by atoms with E-state index in [9.17, 15) is 0 Å². The monoisotopic (exact) mass is 393 g/mol. The van der Waals surface area contributed by atoms with Crippen molar-refractivity contribution in [2.24, 2.45) is 0 Å². The molecular weight excluding hydrogens is 370 g/mol. The van der Waals surface area contributed by atoms with Crippen LogP contribution in [0.1, 0.15) is 0 Å². The van der Waals surface area contributed by atoms with E-state index in [4.69, 9.17) is 24.5 Å². The Morgan fingerprint density at radius 3 is 2.79 bits per heavy atom. The maximum atomic E-state index is 9.00. The Kier molecular flexibility index (Phi) is 6.13. The number of hydrogen-bond acceptors (Lipinski definition) is 8. The highest BCUT2D eigenvalue weighted by atomic mass is 16.5. The molecule has 1 saturated heterocycles. The van der Waals surface area contributed by atoms with Crippen molar-refractivity contribution in [3.63, 3.8) is 0 Å². The van der Waals surface area contributed by atoms with Gasteiger partial charge in [-0.05, 0) is 24.3 Å². The summed E-state index contributed by atoms with van der Waals surface area (Å²) in [5.74, 6) is 2.02. The van der Waals surface area contributed by atoms with Gasteiger partial charge >= 0.3 is 0 Å². The molecule has 3 heterocycles. The molecule has 150 valence electrons. The van der Waals surface area contributed by atoms with Crippen LogP contribution in [0.4, 0.5) is 17.5 Å². The molecule has 8 heteroatoms. The Hall–Kier alpha value is -3.23. The zero-order valence-electron chi connectivity index (χ0n) is 16.0. The van der Waals surface area contributed by atoms with Crippen molar-refractivity contribution in [1.82, 2.24) is 15.0 Å². The maximum absolute atomic E-state index is 9.00. The molecule has 0 bridgehead atoms. The van der Waals surface area contributed by atoms with Crippen molar-refractivity contribution in [3.8, 4) is 17.0 Å². The number of anilines is 3. The molecule has 1 fully saturated rings. The molecule has 0 amide bonds. The number of benzene rings is 1. The zero-order chi connectivity index (χ0) is 19.9. The molecule has 0 saturated carbocycles. The van der Waals surface area contributed by atoms with Gasteiger partial charge in [-0.25, -0.2) is 4.98 Å². The summed E-state index contributed by atoms with van der Waals surface area (Å²) in [4.78, 5) is 15.8. The lowest BCUT2D eigenvalue weighted by Crippen LogP contribution is -2.37. The Bertz CT molecular complexity index is 933. The van der Waals surface area contributed by atoms with Gasteiger partial charge in [-0.15, -0.1) is 0 Å². The lowest BCUT2D eigenvalue weighted by molar-refractivity contribution is 0.122. The number of aromatic nitrogens is 3. The molecule has 0 unspecified atom stereocenters. The van der Waals surface area contributed by atoms with Crippen molar-refractivity contribution >= 4 is 17.5 Å². The van der Waals surface area contributed by atoms with Crippen LogP contribution >= 0.6 is 0 Å². The van der Waals surface area contributed by atoms with Crippen LogP contribution in [-0.4, -0.2) is 59.6 Å². The largest absolute Gasteiger partial charge is 0.491 e. The van der Waals surface area contributed by atoms with Crippen molar-refractivity contribution < 1.29 is 14.6 Å². The van der Waals surface area contributed by atoms with Crippen molar-refractivity contribution in [3.05, 3.63) is 54.9 Å². The molecule has 1 aromatic carbocycles. The van der Waals surface area contributed by atoms with Crippen LogP contribution in [0.25, 0.3) is 11.3 Å². The van der Waals surface area contributed by atoms with E-state index in [1.165, 1.54) is 0 Å². The smallest absolute Gasteiger partial charge is 0.228 e. The second kappa shape index (κ2) is 9.31. The third kappa shape index (κ3) is 4.98. The Morgan fingerprint density at radius 2 is 2.00 bits per heavy atom. The summed E-state index contributed by atoms with van der Waals surface area (Å²) in [5.41, 5.74) is 2.54. The first kappa shape index (κ1) is 19.1. The minimum atomic E-state index is -0.0297. The third-order valence-corrected chi connectivity index (χ3v) is 4.43. The number of ether oxygens (including phenoxy) is 2. The molecule has 0 spiro atoms. The van der Waals surface area contributed by atoms with Gasteiger partial charge in [0.2, 0.25) is 5.95 Å². The van der Waals surface area contributed by atoms with Gasteiger partial charge in [-0.1, -0.05) is 12.1 Å². The Labute approximate surface area is 169 Å². The Balaban J connectivity index is 1.69. The molecule has 4 rings (SSSR count). The highest BCUT2D eigenvalue weighted by Gasteiger charge is 2.17. The molecule has 0 atom stereocenters. The van der Waals surface area contributed by atoms with Gasteiger partial charge in [-0.3, -0.25) is 4.98 Å². The number of hydrogen-bond donors (Lipinski definition) is 2. The van der Waals surface area contributed by atoms with Crippen molar-refractivity contribution in [2.75, 3.05) is 49.7 Å². The van der Waals surface area contributed by atoms with E-state index in [-0.39, 0.29) is 13.2 Å². The van der Waals surface area contributed by atoms with Crippen LogP contribution < -0.4 is 15.0 Å². The van der Waals surface area contributed by atoms with E-state index < -0.39 is 0 Å². The lowest BCUT2D eigenvalue weighted by atomic mass is 10.1. The molecule has 0 radical (unpaired) electrons. The van der Waals surface area contributed by atoms with Gasteiger partial charge in [0.25, 0.3) is 0 Å². The molecular formula is C21H23N5O3. The minimum Gasteiger partial charge on any atom is -0.491 e. The summed E-state index contributed by atoms with van der Waals surface area (Å²) in [6.45, 7) is 3.02. The number of aliphatic hydroxyl groups excluding tert-OH is 1. The van der Waals surface area contributed by atoms with E-state index in [0.717, 1.165) is 30.0 Å². The first-order valence-corrected chi connectivity index (χ1v) is 9.55. The van der Waals surface area contributed by atoms with E-state index >= 15 is 0 Å². The molecule has 1 aliphatic heterocycles. The lowest BCUT2D eigenvalue weighted by Gasteiger charge is -2.27. The van der Waals surface area contributed by atoms with Crippen LogP contribution in [-0.2, 0) is 4.74 Å². The van der Waals surface area contributed by atoms with Crippen LogP contribution in [0.5, 0.6) is 5.75 Å². The van der Waals surface area contributed by atoms with Crippen molar-refractivity contribution in [2.45, 2.75) is 0 Å². The Morgan fingerprint density at radius 1 is 1.10 bits per heavy atom. The molecule has 3 aromatic rings. The van der Waals surface area contributed by atoms with Gasteiger partial charge in [0.15, 0.2) is 0 Å². The van der Waals surface area contributed by atoms with Gasteiger partial charge in [0, 0.05) is 30.9 Å². The maximum Gasteiger partial charge on any atom is 0.228 e. The summed E-state index contributed by atoms with van der Waals surface area (Å²) < 4.78 is 11.0. The molecule has 2 N–H and O–H groups in total. The number of rotatable bonds is 7. The predicted octanol–water partition coefficient (Wildman–Crippen LogP) is 2.49. The first-order valence-electron chi connectivity index (χ1n) is 9.55. The summed E-state index contributed by atoms with van der Waals surface area (Å²) in [7, 11) is 0. The summed E-state index contributed by atoms with van der Waals surface area (Å²) in [6, 6.07) is 13.4. The summed E-state index contributed by atoms with van der Waals surface area (Å²) in [6.07, 6.45) is 3.48. The van der Waals surface area contributed by atoms with Crippen LogP contribution in [0.2, 0.25) is 0 Å². The van der Waals surface area contributed by atoms with Crippen molar-refractivity contribution in [1.29, 1.82) is 0 Å². The van der Waals surface area contributed by atoms with Gasteiger partial charge < -0.3 is 24.8 Å². The molecule has 1 aliphatic rings. The standard InChI is InChI=1S/C21H23N5O3/c27-9-12-29-18-5-1-3-16(13-18)19-14-20(23-17-4-2-6-22-15-17)25-21(24-19)26-7-10-28-11-8-26/h1-6,13-15,27H,7-12H2,(H,23,24,25). The fraction of sp³-hybridized carbons (Fsp3) is 0.286. The van der Waals surface area contributed by atoms with E-state index in [1.54, 1.807) is 12.4 Å². The number of nitrogens with one attached hydrogen (secondary N) is 1.